The van der Waals surface area contributed by atoms with Crippen molar-refractivity contribution in [3.8, 4) is 0 Å². The van der Waals surface area contributed by atoms with Crippen molar-refractivity contribution in [3.05, 3.63) is 35.2 Å². The van der Waals surface area contributed by atoms with E-state index >= 15 is 0 Å². The second kappa shape index (κ2) is 4.87. The zero-order chi connectivity index (χ0) is 14.2. The first-order valence-corrected chi connectivity index (χ1v) is 6.20. The van der Waals surface area contributed by atoms with Crippen molar-refractivity contribution in [1.82, 2.24) is 24.6 Å². The van der Waals surface area contributed by atoms with E-state index in [0.29, 0.717) is 5.82 Å². The summed E-state index contributed by atoms with van der Waals surface area (Å²) in [6.45, 7) is 5.91. The summed E-state index contributed by atoms with van der Waals surface area (Å²) in [6, 6.07) is -0.0992. The van der Waals surface area contributed by atoms with Crippen molar-refractivity contribution in [3.63, 3.8) is 0 Å². The van der Waals surface area contributed by atoms with E-state index in [2.05, 4.69) is 15.4 Å². The molecule has 1 atom stereocenters. The van der Waals surface area contributed by atoms with Gasteiger partial charge in [-0.25, -0.2) is 4.98 Å². The zero-order valence-electron chi connectivity index (χ0n) is 11.9. The fourth-order valence-electron chi connectivity index (χ4n) is 2.33. The van der Waals surface area contributed by atoms with Crippen LogP contribution in [0.25, 0.3) is 0 Å². The molecule has 0 aromatic carbocycles. The maximum Gasteiger partial charge on any atom is 0.287 e. The van der Waals surface area contributed by atoms with Crippen molar-refractivity contribution in [2.45, 2.75) is 26.8 Å². The summed E-state index contributed by atoms with van der Waals surface area (Å²) in [5.74, 6) is 0.230. The van der Waals surface area contributed by atoms with Crippen LogP contribution in [0, 0.1) is 13.8 Å². The van der Waals surface area contributed by atoms with Crippen LogP contribution >= 0.6 is 0 Å². The number of rotatable bonds is 3. The summed E-state index contributed by atoms with van der Waals surface area (Å²) >= 11 is 0. The van der Waals surface area contributed by atoms with E-state index in [4.69, 9.17) is 0 Å². The van der Waals surface area contributed by atoms with Crippen LogP contribution in [0.3, 0.4) is 0 Å². The molecule has 0 fully saturated rings. The van der Waals surface area contributed by atoms with Gasteiger partial charge < -0.3 is 9.88 Å². The summed E-state index contributed by atoms with van der Waals surface area (Å²) in [5, 5.41) is 7.32. The quantitative estimate of drug-likeness (QED) is 0.904. The lowest BCUT2D eigenvalue weighted by atomic mass is 10.1. The van der Waals surface area contributed by atoms with Crippen molar-refractivity contribution >= 4 is 5.91 Å². The minimum Gasteiger partial charge on any atom is -0.343 e. The van der Waals surface area contributed by atoms with Crippen LogP contribution in [-0.2, 0) is 14.1 Å². The Morgan fingerprint density at radius 3 is 2.53 bits per heavy atom. The topological polar surface area (TPSA) is 64.7 Å². The standard InChI is InChI=1S/C13H19N5O/c1-8(11-9(2)16-18(5)10(11)3)15-13(19)12-14-6-7-17(12)4/h6-8H,1-5H3,(H,15,19). The Bertz CT molecular complexity index is 611. The molecule has 19 heavy (non-hydrogen) atoms. The Morgan fingerprint density at radius 1 is 1.37 bits per heavy atom. The maximum atomic E-state index is 12.1. The van der Waals surface area contributed by atoms with Crippen molar-refractivity contribution in [2.75, 3.05) is 0 Å². The third-order valence-corrected chi connectivity index (χ3v) is 3.37. The minimum atomic E-state index is -0.178. The molecule has 2 aromatic rings. The second-order valence-electron chi connectivity index (χ2n) is 4.77. The Balaban J connectivity index is 2.20. The molecule has 0 aliphatic carbocycles. The molecule has 0 bridgehead atoms. The fourth-order valence-corrected chi connectivity index (χ4v) is 2.33. The molecule has 0 saturated heterocycles. The summed E-state index contributed by atoms with van der Waals surface area (Å²) < 4.78 is 3.53. The molecule has 0 aliphatic rings. The highest BCUT2D eigenvalue weighted by Crippen LogP contribution is 2.20. The van der Waals surface area contributed by atoms with Crippen LogP contribution in [0.15, 0.2) is 12.4 Å². The molecule has 6 nitrogen and oxygen atoms in total. The lowest BCUT2D eigenvalue weighted by Gasteiger charge is -2.14. The summed E-state index contributed by atoms with van der Waals surface area (Å²) in [7, 11) is 3.70. The van der Waals surface area contributed by atoms with Crippen LogP contribution < -0.4 is 5.32 Å². The zero-order valence-corrected chi connectivity index (χ0v) is 11.9. The minimum absolute atomic E-state index is 0.0992. The predicted octanol–water partition coefficient (Wildman–Crippen LogP) is 1.26. The average Bonchev–Trinajstić information content (AvgIpc) is 2.84. The molecule has 0 saturated carbocycles. The highest BCUT2D eigenvalue weighted by atomic mass is 16.2. The number of carbonyl (C=O) groups is 1. The van der Waals surface area contributed by atoms with Gasteiger partial charge in [0.2, 0.25) is 0 Å². The number of imidazole rings is 1. The summed E-state index contributed by atoms with van der Waals surface area (Å²) in [6.07, 6.45) is 3.36. The van der Waals surface area contributed by atoms with E-state index in [1.807, 2.05) is 32.5 Å². The van der Waals surface area contributed by atoms with Crippen molar-refractivity contribution in [1.29, 1.82) is 0 Å². The van der Waals surface area contributed by atoms with E-state index in [1.165, 1.54) is 0 Å². The van der Waals surface area contributed by atoms with Gasteiger partial charge in [0, 0.05) is 37.7 Å². The molecular weight excluding hydrogens is 242 g/mol. The molecule has 2 aromatic heterocycles. The molecule has 2 rings (SSSR count). The lowest BCUT2D eigenvalue weighted by Crippen LogP contribution is -2.29. The smallest absolute Gasteiger partial charge is 0.287 e. The fraction of sp³-hybridized carbons (Fsp3) is 0.462. The third kappa shape index (κ3) is 2.38. The number of carbonyl (C=O) groups excluding carboxylic acids is 1. The van der Waals surface area contributed by atoms with Crippen LogP contribution in [0.5, 0.6) is 0 Å². The number of hydrogen-bond donors (Lipinski definition) is 1. The number of nitrogens with one attached hydrogen (secondary N) is 1. The van der Waals surface area contributed by atoms with E-state index in [9.17, 15) is 4.79 Å². The Morgan fingerprint density at radius 2 is 2.05 bits per heavy atom. The van der Waals surface area contributed by atoms with E-state index < -0.39 is 0 Å². The highest BCUT2D eigenvalue weighted by Gasteiger charge is 2.20. The van der Waals surface area contributed by atoms with Gasteiger partial charge in [-0.2, -0.15) is 5.10 Å². The normalized spacial score (nSPS) is 12.5. The van der Waals surface area contributed by atoms with Gasteiger partial charge in [0.25, 0.3) is 5.91 Å². The number of aromatic nitrogens is 4. The predicted molar refractivity (Wildman–Crippen MR) is 71.8 cm³/mol. The highest BCUT2D eigenvalue weighted by molar-refractivity contribution is 5.91. The van der Waals surface area contributed by atoms with Gasteiger partial charge in [-0.15, -0.1) is 0 Å². The molecule has 0 spiro atoms. The van der Waals surface area contributed by atoms with Gasteiger partial charge in [-0.3, -0.25) is 9.48 Å². The van der Waals surface area contributed by atoms with E-state index in [1.54, 1.807) is 24.0 Å². The summed E-state index contributed by atoms with van der Waals surface area (Å²) in [4.78, 5) is 16.2. The largest absolute Gasteiger partial charge is 0.343 e. The van der Waals surface area contributed by atoms with Crippen LogP contribution in [0.4, 0.5) is 0 Å². The van der Waals surface area contributed by atoms with Gasteiger partial charge in [-0.05, 0) is 20.8 Å². The van der Waals surface area contributed by atoms with Crippen LogP contribution in [-0.4, -0.2) is 25.2 Å². The summed E-state index contributed by atoms with van der Waals surface area (Å²) in [5.41, 5.74) is 3.06. The third-order valence-electron chi connectivity index (χ3n) is 3.37. The van der Waals surface area contributed by atoms with Crippen LogP contribution in [0.1, 0.15) is 40.5 Å². The monoisotopic (exact) mass is 261 g/mol. The van der Waals surface area contributed by atoms with Gasteiger partial charge >= 0.3 is 0 Å². The van der Waals surface area contributed by atoms with Gasteiger partial charge in [0.1, 0.15) is 0 Å². The number of hydrogen-bond acceptors (Lipinski definition) is 3. The molecule has 1 unspecified atom stereocenters. The molecule has 1 amide bonds. The Hall–Kier alpha value is -2.11. The first-order valence-electron chi connectivity index (χ1n) is 6.20. The Labute approximate surface area is 112 Å². The molecular formula is C13H19N5O. The SMILES string of the molecule is Cc1nn(C)c(C)c1C(C)NC(=O)c1nccn1C. The molecule has 6 heteroatoms. The average molecular weight is 261 g/mol. The number of amides is 1. The van der Waals surface area contributed by atoms with Crippen molar-refractivity contribution < 1.29 is 4.79 Å². The second-order valence-corrected chi connectivity index (χ2v) is 4.77. The maximum absolute atomic E-state index is 12.1. The molecule has 0 aliphatic heterocycles. The Kier molecular flexibility index (Phi) is 3.42. The van der Waals surface area contributed by atoms with Crippen LogP contribution in [0.2, 0.25) is 0 Å². The van der Waals surface area contributed by atoms with Gasteiger partial charge in [0.05, 0.1) is 11.7 Å². The van der Waals surface area contributed by atoms with Gasteiger partial charge in [-0.1, -0.05) is 0 Å². The first-order chi connectivity index (χ1) is 8.91. The molecule has 0 radical (unpaired) electrons. The lowest BCUT2D eigenvalue weighted by molar-refractivity contribution is 0.0926. The van der Waals surface area contributed by atoms with E-state index in [-0.39, 0.29) is 11.9 Å². The number of aryl methyl sites for hydroxylation is 3. The van der Waals surface area contributed by atoms with Crippen molar-refractivity contribution in [2.24, 2.45) is 14.1 Å². The molecule has 2 heterocycles. The first kappa shape index (κ1) is 13.3. The van der Waals surface area contributed by atoms with Gasteiger partial charge in [0.15, 0.2) is 5.82 Å². The molecule has 102 valence electrons. The number of nitrogens with zero attached hydrogens (tertiary/aromatic N) is 4. The molecule has 1 N–H and O–H groups in total. The van der Waals surface area contributed by atoms with E-state index in [0.717, 1.165) is 17.0 Å².